The summed E-state index contributed by atoms with van der Waals surface area (Å²) in [5.41, 5.74) is 0.518. The zero-order valence-electron chi connectivity index (χ0n) is 11.0. The number of nitrogens with one attached hydrogen (secondary N) is 1. The number of aromatic amines is 1. The van der Waals surface area contributed by atoms with Crippen molar-refractivity contribution in [1.82, 2.24) is 9.55 Å². The normalized spacial score (nSPS) is 10.9. The lowest BCUT2D eigenvalue weighted by atomic mass is 10.3. The molecule has 3 aromatic rings. The van der Waals surface area contributed by atoms with Crippen molar-refractivity contribution in [3.05, 3.63) is 50.3 Å². The summed E-state index contributed by atoms with van der Waals surface area (Å²) in [6, 6.07) is 9.20. The van der Waals surface area contributed by atoms with E-state index < -0.39 is 0 Å². The Morgan fingerprint density at radius 3 is 2.85 bits per heavy atom. The standard InChI is InChI=1S/C14H12N2O2S2/c1-8-7-9-12(20-8)15-14(19)16(13(9)17)10-5-3-4-6-11(10)18-2/h3-7H,1-2H3,(H,15,19). The number of methoxy groups -OCH3 is 1. The number of aromatic nitrogens is 2. The summed E-state index contributed by atoms with van der Waals surface area (Å²) in [6.07, 6.45) is 0. The van der Waals surface area contributed by atoms with E-state index in [4.69, 9.17) is 17.0 Å². The van der Waals surface area contributed by atoms with Crippen LogP contribution >= 0.6 is 23.6 Å². The number of benzene rings is 1. The zero-order valence-corrected chi connectivity index (χ0v) is 12.6. The number of H-pyrrole nitrogens is 1. The van der Waals surface area contributed by atoms with Gasteiger partial charge >= 0.3 is 0 Å². The fourth-order valence-electron chi connectivity index (χ4n) is 2.16. The minimum atomic E-state index is -0.127. The molecule has 6 heteroatoms. The molecule has 0 amide bonds. The van der Waals surface area contributed by atoms with Gasteiger partial charge in [-0.15, -0.1) is 11.3 Å². The van der Waals surface area contributed by atoms with Gasteiger partial charge in [0.25, 0.3) is 5.56 Å². The van der Waals surface area contributed by atoms with Crippen LogP contribution in [-0.2, 0) is 0 Å². The van der Waals surface area contributed by atoms with Crippen molar-refractivity contribution in [2.75, 3.05) is 7.11 Å². The fraction of sp³-hybridized carbons (Fsp3) is 0.143. The summed E-state index contributed by atoms with van der Waals surface area (Å²) in [7, 11) is 1.57. The van der Waals surface area contributed by atoms with Gasteiger partial charge in [-0.1, -0.05) is 12.1 Å². The zero-order chi connectivity index (χ0) is 14.3. The summed E-state index contributed by atoms with van der Waals surface area (Å²) in [5.74, 6) is 0.611. The Morgan fingerprint density at radius 1 is 1.35 bits per heavy atom. The highest BCUT2D eigenvalue weighted by molar-refractivity contribution is 7.71. The first-order valence-electron chi connectivity index (χ1n) is 6.00. The van der Waals surface area contributed by atoms with Gasteiger partial charge in [-0.05, 0) is 37.3 Å². The highest BCUT2D eigenvalue weighted by atomic mass is 32.1. The molecule has 0 atom stereocenters. The van der Waals surface area contributed by atoms with E-state index in [2.05, 4.69) is 4.98 Å². The molecule has 0 aliphatic heterocycles. The van der Waals surface area contributed by atoms with Crippen LogP contribution in [0.3, 0.4) is 0 Å². The maximum absolute atomic E-state index is 12.7. The van der Waals surface area contributed by atoms with Crippen LogP contribution in [0.5, 0.6) is 5.75 Å². The van der Waals surface area contributed by atoms with Gasteiger partial charge in [0.15, 0.2) is 4.77 Å². The lowest BCUT2D eigenvalue weighted by molar-refractivity contribution is 0.412. The van der Waals surface area contributed by atoms with Crippen molar-refractivity contribution in [1.29, 1.82) is 0 Å². The molecule has 0 saturated heterocycles. The molecule has 1 N–H and O–H groups in total. The fourth-order valence-corrected chi connectivity index (χ4v) is 3.42. The van der Waals surface area contributed by atoms with Crippen LogP contribution in [-0.4, -0.2) is 16.7 Å². The molecule has 2 heterocycles. The van der Waals surface area contributed by atoms with Crippen LogP contribution in [0.1, 0.15) is 4.88 Å². The number of ether oxygens (including phenoxy) is 1. The predicted octanol–water partition coefficient (Wildman–Crippen LogP) is 3.43. The molecule has 2 aromatic heterocycles. The lowest BCUT2D eigenvalue weighted by Gasteiger charge is -2.10. The highest BCUT2D eigenvalue weighted by Crippen LogP contribution is 2.24. The predicted molar refractivity (Wildman–Crippen MR) is 83.9 cm³/mol. The molecule has 20 heavy (non-hydrogen) atoms. The Kier molecular flexibility index (Phi) is 3.19. The molecule has 0 saturated carbocycles. The van der Waals surface area contributed by atoms with Crippen molar-refractivity contribution >= 4 is 33.8 Å². The Bertz CT molecular complexity index is 905. The molecule has 102 valence electrons. The molecular formula is C14H12N2O2S2. The molecule has 0 aliphatic rings. The summed E-state index contributed by atoms with van der Waals surface area (Å²) >= 11 is 6.85. The van der Waals surface area contributed by atoms with Gasteiger partial charge in [-0.3, -0.25) is 4.79 Å². The summed E-state index contributed by atoms with van der Waals surface area (Å²) in [4.78, 5) is 17.6. The topological polar surface area (TPSA) is 47.0 Å². The molecule has 3 rings (SSSR count). The van der Waals surface area contributed by atoms with E-state index in [0.717, 1.165) is 9.71 Å². The Hall–Kier alpha value is -1.92. The number of rotatable bonds is 2. The number of thiophene rings is 1. The molecular weight excluding hydrogens is 292 g/mol. The average molecular weight is 304 g/mol. The first kappa shape index (κ1) is 13.1. The van der Waals surface area contributed by atoms with Gasteiger partial charge in [-0.2, -0.15) is 0 Å². The van der Waals surface area contributed by atoms with Gasteiger partial charge in [0.05, 0.1) is 18.2 Å². The van der Waals surface area contributed by atoms with Gasteiger partial charge in [-0.25, -0.2) is 4.57 Å². The lowest BCUT2D eigenvalue weighted by Crippen LogP contribution is -2.20. The van der Waals surface area contributed by atoms with Gasteiger partial charge < -0.3 is 9.72 Å². The second-order valence-electron chi connectivity index (χ2n) is 4.34. The SMILES string of the molecule is COc1ccccc1-n1c(=S)[nH]c2sc(C)cc2c1=O. The van der Waals surface area contributed by atoms with E-state index in [0.29, 0.717) is 21.6 Å². The van der Waals surface area contributed by atoms with Crippen LogP contribution in [0.25, 0.3) is 15.9 Å². The quantitative estimate of drug-likeness (QED) is 0.738. The number of hydrogen-bond acceptors (Lipinski definition) is 4. The third-order valence-electron chi connectivity index (χ3n) is 3.04. The maximum Gasteiger partial charge on any atom is 0.267 e. The second-order valence-corrected chi connectivity index (χ2v) is 5.99. The number of nitrogens with zero attached hydrogens (tertiary/aromatic N) is 1. The van der Waals surface area contributed by atoms with Gasteiger partial charge in [0.2, 0.25) is 0 Å². The van der Waals surface area contributed by atoms with Crippen LogP contribution < -0.4 is 10.3 Å². The Labute approximate surface area is 124 Å². The third-order valence-corrected chi connectivity index (χ3v) is 4.29. The van der Waals surface area contributed by atoms with Gasteiger partial charge in [0, 0.05) is 4.88 Å². The Morgan fingerprint density at radius 2 is 2.10 bits per heavy atom. The molecule has 0 spiro atoms. The van der Waals surface area contributed by atoms with Crippen molar-refractivity contribution in [3.63, 3.8) is 0 Å². The largest absolute Gasteiger partial charge is 0.495 e. The van der Waals surface area contributed by atoms with E-state index >= 15 is 0 Å². The van der Waals surface area contributed by atoms with Crippen molar-refractivity contribution in [2.24, 2.45) is 0 Å². The minimum Gasteiger partial charge on any atom is -0.495 e. The van der Waals surface area contributed by atoms with E-state index in [9.17, 15) is 4.79 Å². The second kappa shape index (κ2) is 4.88. The first-order valence-corrected chi connectivity index (χ1v) is 7.23. The number of aryl methyl sites for hydroxylation is 1. The van der Waals surface area contributed by atoms with E-state index in [-0.39, 0.29) is 5.56 Å². The monoisotopic (exact) mass is 304 g/mol. The molecule has 1 aromatic carbocycles. The summed E-state index contributed by atoms with van der Waals surface area (Å²) < 4.78 is 7.15. The van der Waals surface area contributed by atoms with Crippen LogP contribution in [0.2, 0.25) is 0 Å². The van der Waals surface area contributed by atoms with E-state index in [1.807, 2.05) is 31.2 Å². The first-order chi connectivity index (χ1) is 9.61. The maximum atomic E-state index is 12.7. The number of para-hydroxylation sites is 2. The smallest absolute Gasteiger partial charge is 0.267 e. The number of fused-ring (bicyclic) bond motifs is 1. The highest BCUT2D eigenvalue weighted by Gasteiger charge is 2.12. The Balaban J connectivity index is 2.42. The third kappa shape index (κ3) is 1.97. The summed E-state index contributed by atoms with van der Waals surface area (Å²) in [5, 5.41) is 0.645. The average Bonchev–Trinajstić information content (AvgIpc) is 2.80. The molecule has 0 radical (unpaired) electrons. The van der Waals surface area contributed by atoms with Gasteiger partial charge in [0.1, 0.15) is 10.6 Å². The van der Waals surface area contributed by atoms with Crippen molar-refractivity contribution in [2.45, 2.75) is 6.92 Å². The van der Waals surface area contributed by atoms with Crippen molar-refractivity contribution in [3.8, 4) is 11.4 Å². The number of hydrogen-bond donors (Lipinski definition) is 1. The molecule has 0 bridgehead atoms. The van der Waals surface area contributed by atoms with E-state index in [1.165, 1.54) is 15.9 Å². The van der Waals surface area contributed by atoms with Crippen molar-refractivity contribution < 1.29 is 4.74 Å². The van der Waals surface area contributed by atoms with E-state index in [1.54, 1.807) is 13.2 Å². The van der Waals surface area contributed by atoms with Crippen LogP contribution in [0.4, 0.5) is 0 Å². The minimum absolute atomic E-state index is 0.127. The summed E-state index contributed by atoms with van der Waals surface area (Å²) in [6.45, 7) is 1.97. The molecule has 0 unspecified atom stereocenters. The molecule has 0 fully saturated rings. The molecule has 0 aliphatic carbocycles. The molecule has 4 nitrogen and oxygen atoms in total. The van der Waals surface area contributed by atoms with Crippen LogP contribution in [0.15, 0.2) is 35.1 Å². The van der Waals surface area contributed by atoms with Crippen LogP contribution in [0, 0.1) is 11.7 Å².